The second-order valence-electron chi connectivity index (χ2n) is 3.74. The molecule has 7 heteroatoms. The molecule has 0 radical (unpaired) electrons. The first-order valence-corrected chi connectivity index (χ1v) is 6.45. The van der Waals surface area contributed by atoms with Gasteiger partial charge in [0.1, 0.15) is 5.82 Å². The molecule has 2 N–H and O–H groups in total. The van der Waals surface area contributed by atoms with Crippen molar-refractivity contribution < 1.29 is 9.59 Å². The van der Waals surface area contributed by atoms with Gasteiger partial charge >= 0.3 is 5.69 Å². The summed E-state index contributed by atoms with van der Waals surface area (Å²) in [6, 6.07) is 4.99. The number of Topliss-reactive ketones (excluding diaryl/α,β-unsaturated/α-hetero) is 1. The number of amides is 1. The van der Waals surface area contributed by atoms with Crippen LogP contribution in [0, 0.1) is 0 Å². The van der Waals surface area contributed by atoms with E-state index < -0.39 is 5.69 Å². The van der Waals surface area contributed by atoms with Gasteiger partial charge in [-0.25, -0.2) is 9.78 Å². The van der Waals surface area contributed by atoms with Crippen LogP contribution in [0.5, 0.6) is 0 Å². The number of H-pyrrole nitrogens is 1. The third-order valence-corrected chi connectivity index (χ3v) is 3.23. The van der Waals surface area contributed by atoms with Crippen LogP contribution in [-0.2, 0) is 4.79 Å². The van der Waals surface area contributed by atoms with Gasteiger partial charge in [0.15, 0.2) is 5.78 Å². The summed E-state index contributed by atoms with van der Waals surface area (Å²) in [6.45, 7) is 0. The summed E-state index contributed by atoms with van der Waals surface area (Å²) >= 11 is 1.35. The second-order valence-corrected chi connectivity index (χ2v) is 4.69. The quantitative estimate of drug-likeness (QED) is 0.809. The average Bonchev–Trinajstić information content (AvgIpc) is 2.90. The lowest BCUT2D eigenvalue weighted by atomic mass is 10.2. The van der Waals surface area contributed by atoms with Gasteiger partial charge in [-0.2, -0.15) is 0 Å². The number of nitrogens with zero attached hydrogens (tertiary/aromatic N) is 1. The van der Waals surface area contributed by atoms with Gasteiger partial charge < -0.3 is 5.32 Å². The molecule has 98 valence electrons. The van der Waals surface area contributed by atoms with Crippen LogP contribution in [-0.4, -0.2) is 21.7 Å². The number of hydrogen-bond acceptors (Lipinski definition) is 5. The number of ketones is 1. The topological polar surface area (TPSA) is 91.9 Å². The number of hydrogen-bond donors (Lipinski definition) is 2. The molecule has 0 aliphatic carbocycles. The third-order valence-electron chi connectivity index (χ3n) is 2.32. The molecular formula is C12H11N3O3S. The molecule has 0 spiro atoms. The Kier molecular flexibility index (Phi) is 4.19. The van der Waals surface area contributed by atoms with Gasteiger partial charge in [-0.15, -0.1) is 11.3 Å². The fourth-order valence-electron chi connectivity index (χ4n) is 1.44. The standard InChI is InChI=1S/C12H11N3O3S/c16-8(9-2-1-7-19-9)3-4-11(17)14-10-5-6-13-12(18)15-10/h1-2,5-7H,3-4H2,(H2,13,14,15,17,18). The normalized spacial score (nSPS) is 10.1. The van der Waals surface area contributed by atoms with Gasteiger partial charge in [0.2, 0.25) is 5.91 Å². The van der Waals surface area contributed by atoms with E-state index >= 15 is 0 Å². The summed E-state index contributed by atoms with van der Waals surface area (Å²) in [5, 5.41) is 4.31. The molecule has 19 heavy (non-hydrogen) atoms. The van der Waals surface area contributed by atoms with Gasteiger partial charge in [0.25, 0.3) is 0 Å². The fourth-order valence-corrected chi connectivity index (χ4v) is 2.14. The molecule has 1 amide bonds. The van der Waals surface area contributed by atoms with Crippen molar-refractivity contribution >= 4 is 28.8 Å². The highest BCUT2D eigenvalue weighted by Gasteiger charge is 2.10. The monoisotopic (exact) mass is 277 g/mol. The van der Waals surface area contributed by atoms with Gasteiger partial charge in [0, 0.05) is 19.0 Å². The van der Waals surface area contributed by atoms with Crippen molar-refractivity contribution in [1.82, 2.24) is 9.97 Å². The Morgan fingerprint density at radius 1 is 1.32 bits per heavy atom. The minimum absolute atomic E-state index is 0.0617. The van der Waals surface area contributed by atoms with Crippen molar-refractivity contribution in [3.8, 4) is 0 Å². The molecule has 0 bridgehead atoms. The van der Waals surface area contributed by atoms with Crippen LogP contribution in [0.3, 0.4) is 0 Å². The summed E-state index contributed by atoms with van der Waals surface area (Å²) in [5.74, 6) is -0.117. The SMILES string of the molecule is O=C(CCC(=O)c1cccs1)Nc1ccnc(=O)[nH]1. The Morgan fingerprint density at radius 3 is 2.84 bits per heavy atom. The van der Waals surface area contributed by atoms with E-state index in [9.17, 15) is 14.4 Å². The molecule has 0 fully saturated rings. The van der Waals surface area contributed by atoms with E-state index in [4.69, 9.17) is 0 Å². The van der Waals surface area contributed by atoms with Gasteiger partial charge in [0.05, 0.1) is 4.88 Å². The predicted octanol–water partition coefficient (Wildman–Crippen LogP) is 1.43. The van der Waals surface area contributed by atoms with Crippen LogP contribution in [0.4, 0.5) is 5.82 Å². The number of carbonyl (C=O) groups excluding carboxylic acids is 2. The number of thiophene rings is 1. The summed E-state index contributed by atoms with van der Waals surface area (Å²) in [6.07, 6.45) is 1.51. The number of anilines is 1. The number of carbonyl (C=O) groups is 2. The minimum atomic E-state index is -0.535. The van der Waals surface area contributed by atoms with Crippen LogP contribution in [0.25, 0.3) is 0 Å². The molecule has 0 saturated heterocycles. The predicted molar refractivity (Wildman–Crippen MR) is 71.4 cm³/mol. The van der Waals surface area contributed by atoms with Gasteiger partial charge in [-0.3, -0.25) is 14.6 Å². The average molecular weight is 277 g/mol. The molecule has 0 aliphatic heterocycles. The van der Waals surface area contributed by atoms with Crippen molar-refractivity contribution in [1.29, 1.82) is 0 Å². The maximum atomic E-state index is 11.7. The molecule has 6 nitrogen and oxygen atoms in total. The smallest absolute Gasteiger partial charge is 0.312 e. The van der Waals surface area contributed by atoms with Crippen molar-refractivity contribution in [2.24, 2.45) is 0 Å². The molecule has 0 unspecified atom stereocenters. The fraction of sp³-hybridized carbons (Fsp3) is 0.167. The van der Waals surface area contributed by atoms with E-state index in [1.54, 1.807) is 12.1 Å². The zero-order chi connectivity index (χ0) is 13.7. The number of aromatic amines is 1. The molecule has 2 rings (SSSR count). The molecule has 0 aromatic carbocycles. The van der Waals surface area contributed by atoms with Crippen LogP contribution in [0.2, 0.25) is 0 Å². The highest BCUT2D eigenvalue weighted by atomic mass is 32.1. The molecule has 0 saturated carbocycles. The first-order valence-electron chi connectivity index (χ1n) is 5.57. The molecule has 2 aromatic heterocycles. The maximum Gasteiger partial charge on any atom is 0.346 e. The maximum absolute atomic E-state index is 11.7. The number of rotatable bonds is 5. The molecule has 0 aliphatic rings. The highest BCUT2D eigenvalue weighted by molar-refractivity contribution is 7.12. The third kappa shape index (κ3) is 3.85. The zero-order valence-electron chi connectivity index (χ0n) is 9.88. The summed E-state index contributed by atoms with van der Waals surface area (Å²) in [5.41, 5.74) is -0.535. The Bertz CT molecular complexity index is 634. The second kappa shape index (κ2) is 6.05. The number of nitrogens with one attached hydrogen (secondary N) is 2. The van der Waals surface area contributed by atoms with E-state index in [-0.39, 0.29) is 30.3 Å². The van der Waals surface area contributed by atoms with Crippen molar-refractivity contribution in [3.05, 3.63) is 45.1 Å². The summed E-state index contributed by atoms with van der Waals surface area (Å²) < 4.78 is 0. The lowest BCUT2D eigenvalue weighted by Gasteiger charge is -2.03. The van der Waals surface area contributed by atoms with E-state index in [0.717, 1.165) is 0 Å². The highest BCUT2D eigenvalue weighted by Crippen LogP contribution is 2.12. The van der Waals surface area contributed by atoms with E-state index in [1.165, 1.54) is 23.6 Å². The van der Waals surface area contributed by atoms with E-state index in [0.29, 0.717) is 4.88 Å². The Morgan fingerprint density at radius 2 is 2.16 bits per heavy atom. The lowest BCUT2D eigenvalue weighted by molar-refractivity contribution is -0.116. The van der Waals surface area contributed by atoms with Crippen molar-refractivity contribution in [2.75, 3.05) is 5.32 Å². The molecule has 2 heterocycles. The first-order chi connectivity index (χ1) is 9.15. The van der Waals surface area contributed by atoms with Crippen LogP contribution >= 0.6 is 11.3 Å². The Labute approximate surface area is 112 Å². The first kappa shape index (κ1) is 13.2. The summed E-state index contributed by atoms with van der Waals surface area (Å²) in [7, 11) is 0. The largest absolute Gasteiger partial charge is 0.346 e. The molecule has 0 atom stereocenters. The lowest BCUT2D eigenvalue weighted by Crippen LogP contribution is -2.18. The van der Waals surface area contributed by atoms with Crippen molar-refractivity contribution in [2.45, 2.75) is 12.8 Å². The van der Waals surface area contributed by atoms with Gasteiger partial charge in [-0.05, 0) is 17.5 Å². The molecule has 2 aromatic rings. The molecular weight excluding hydrogens is 266 g/mol. The van der Waals surface area contributed by atoms with Crippen molar-refractivity contribution in [3.63, 3.8) is 0 Å². The zero-order valence-corrected chi connectivity index (χ0v) is 10.7. The summed E-state index contributed by atoms with van der Waals surface area (Å²) in [4.78, 5) is 40.7. The van der Waals surface area contributed by atoms with E-state index in [2.05, 4.69) is 15.3 Å². The Balaban J connectivity index is 1.85. The van der Waals surface area contributed by atoms with E-state index in [1.807, 2.05) is 5.38 Å². The Hall–Kier alpha value is -2.28. The van der Waals surface area contributed by atoms with Crippen LogP contribution in [0.1, 0.15) is 22.5 Å². The number of aromatic nitrogens is 2. The van der Waals surface area contributed by atoms with Crippen LogP contribution < -0.4 is 11.0 Å². The van der Waals surface area contributed by atoms with Crippen LogP contribution in [0.15, 0.2) is 34.6 Å². The minimum Gasteiger partial charge on any atom is -0.312 e. The van der Waals surface area contributed by atoms with Gasteiger partial charge in [-0.1, -0.05) is 6.07 Å².